The molecule has 0 aromatic heterocycles. The Labute approximate surface area is 112 Å². The molecule has 0 saturated heterocycles. The molecule has 2 N–H and O–H groups in total. The summed E-state index contributed by atoms with van der Waals surface area (Å²) in [6.45, 7) is -0.0638. The van der Waals surface area contributed by atoms with E-state index in [1.165, 1.54) is 12.1 Å². The molecule has 2 nitrogen and oxygen atoms in total. The summed E-state index contributed by atoms with van der Waals surface area (Å²) in [5, 5.41) is 0. The van der Waals surface area contributed by atoms with Gasteiger partial charge in [-0.05, 0) is 34.1 Å². The minimum Gasteiger partial charge on any atom is -0.488 e. The second kappa shape index (κ2) is 5.35. The van der Waals surface area contributed by atoms with Crippen molar-refractivity contribution < 1.29 is 13.5 Å². The van der Waals surface area contributed by atoms with E-state index >= 15 is 0 Å². The molecule has 2 rings (SSSR count). The van der Waals surface area contributed by atoms with Crippen LogP contribution in [-0.4, -0.2) is 0 Å². The molecule has 0 radical (unpaired) electrons. The summed E-state index contributed by atoms with van der Waals surface area (Å²) >= 11 is 3.27. The van der Waals surface area contributed by atoms with Crippen molar-refractivity contribution >= 4 is 21.6 Å². The number of hydrogen-bond donors (Lipinski definition) is 1. The van der Waals surface area contributed by atoms with Crippen molar-refractivity contribution in [3.63, 3.8) is 0 Å². The van der Waals surface area contributed by atoms with Gasteiger partial charge in [-0.2, -0.15) is 0 Å². The van der Waals surface area contributed by atoms with Crippen molar-refractivity contribution in [2.45, 2.75) is 6.61 Å². The van der Waals surface area contributed by atoms with Crippen molar-refractivity contribution in [1.82, 2.24) is 0 Å². The van der Waals surface area contributed by atoms with E-state index in [4.69, 9.17) is 10.5 Å². The minimum absolute atomic E-state index is 0.0638. The first-order chi connectivity index (χ1) is 8.59. The van der Waals surface area contributed by atoms with E-state index < -0.39 is 11.6 Å². The fourth-order valence-electron chi connectivity index (χ4n) is 1.45. The lowest BCUT2D eigenvalue weighted by molar-refractivity contribution is 0.295. The first kappa shape index (κ1) is 12.8. The third-order valence-electron chi connectivity index (χ3n) is 2.41. The topological polar surface area (TPSA) is 35.2 Å². The van der Waals surface area contributed by atoms with Gasteiger partial charge < -0.3 is 10.5 Å². The Morgan fingerprint density at radius 1 is 1.11 bits per heavy atom. The Bertz CT molecular complexity index is 523. The van der Waals surface area contributed by atoms with Crippen LogP contribution >= 0.6 is 15.9 Å². The van der Waals surface area contributed by atoms with Crippen molar-refractivity contribution in [2.75, 3.05) is 5.73 Å². The van der Waals surface area contributed by atoms with Crippen molar-refractivity contribution in [1.29, 1.82) is 0 Å². The largest absolute Gasteiger partial charge is 0.488 e. The summed E-state index contributed by atoms with van der Waals surface area (Å²) in [6, 6.07) is 9.09. The maximum Gasteiger partial charge on any atom is 0.165 e. The van der Waals surface area contributed by atoms with Crippen LogP contribution in [-0.2, 0) is 6.61 Å². The summed E-state index contributed by atoms with van der Waals surface area (Å²) in [7, 11) is 0. The van der Waals surface area contributed by atoms with Gasteiger partial charge in [0.05, 0.1) is 4.47 Å². The van der Waals surface area contributed by atoms with E-state index in [2.05, 4.69) is 15.9 Å². The van der Waals surface area contributed by atoms with Gasteiger partial charge in [0.2, 0.25) is 0 Å². The molecule has 0 aliphatic heterocycles. The van der Waals surface area contributed by atoms with E-state index in [1.807, 2.05) is 0 Å². The van der Waals surface area contributed by atoms with Crippen LogP contribution < -0.4 is 10.5 Å². The molecule has 0 unspecified atom stereocenters. The van der Waals surface area contributed by atoms with Gasteiger partial charge in [0.25, 0.3) is 0 Å². The molecule has 2 aromatic rings. The lowest BCUT2D eigenvalue weighted by Crippen LogP contribution is -2.01. The summed E-state index contributed by atoms with van der Waals surface area (Å²) in [4.78, 5) is 0. The molecule has 0 fully saturated rings. The zero-order valence-corrected chi connectivity index (χ0v) is 10.9. The lowest BCUT2D eigenvalue weighted by Gasteiger charge is -2.10. The molecule has 0 spiro atoms. The van der Waals surface area contributed by atoms with Crippen LogP contribution in [0, 0.1) is 11.6 Å². The monoisotopic (exact) mass is 313 g/mol. The van der Waals surface area contributed by atoms with Crippen LogP contribution in [0.1, 0.15) is 5.56 Å². The Morgan fingerprint density at radius 3 is 2.61 bits per heavy atom. The Balaban J connectivity index is 2.17. The Morgan fingerprint density at radius 2 is 1.83 bits per heavy atom. The normalized spacial score (nSPS) is 10.4. The van der Waals surface area contributed by atoms with Gasteiger partial charge in [0.1, 0.15) is 12.4 Å². The fraction of sp³-hybridized carbons (Fsp3) is 0.0769. The molecule has 18 heavy (non-hydrogen) atoms. The average Bonchev–Trinajstić information content (AvgIpc) is 2.36. The van der Waals surface area contributed by atoms with Gasteiger partial charge in [0, 0.05) is 11.3 Å². The summed E-state index contributed by atoms with van der Waals surface area (Å²) in [5.74, 6) is -1.29. The van der Waals surface area contributed by atoms with Crippen molar-refractivity contribution in [2.24, 2.45) is 0 Å². The van der Waals surface area contributed by atoms with Crippen LogP contribution in [0.5, 0.6) is 5.75 Å². The standard InChI is InChI=1S/C13H10BrF2NO/c14-12-10(17)5-2-6-11(12)18-7-8-3-1-4-9(15)13(8)16/h1-6H,7,17H2. The molecule has 0 amide bonds. The van der Waals surface area contributed by atoms with E-state index in [1.54, 1.807) is 18.2 Å². The number of rotatable bonds is 3. The second-order valence-corrected chi connectivity index (χ2v) is 4.45. The Kier molecular flexibility index (Phi) is 3.81. The molecule has 0 atom stereocenters. The van der Waals surface area contributed by atoms with Crippen LogP contribution in [0.2, 0.25) is 0 Å². The fourth-order valence-corrected chi connectivity index (χ4v) is 1.83. The number of anilines is 1. The maximum absolute atomic E-state index is 13.4. The molecule has 0 bridgehead atoms. The zero-order chi connectivity index (χ0) is 13.1. The highest BCUT2D eigenvalue weighted by Crippen LogP contribution is 2.31. The molecule has 0 aliphatic rings. The highest BCUT2D eigenvalue weighted by Gasteiger charge is 2.09. The first-order valence-electron chi connectivity index (χ1n) is 5.19. The van der Waals surface area contributed by atoms with E-state index in [9.17, 15) is 8.78 Å². The third-order valence-corrected chi connectivity index (χ3v) is 3.26. The van der Waals surface area contributed by atoms with Gasteiger partial charge in [-0.1, -0.05) is 18.2 Å². The molecule has 0 saturated carbocycles. The number of nitrogen functional groups attached to an aromatic ring is 1. The van der Waals surface area contributed by atoms with Crippen LogP contribution in [0.25, 0.3) is 0 Å². The predicted octanol–water partition coefficient (Wildman–Crippen LogP) is 3.89. The summed E-state index contributed by atoms with van der Waals surface area (Å²) in [6.07, 6.45) is 0. The summed E-state index contributed by atoms with van der Waals surface area (Å²) in [5.41, 5.74) is 6.36. The minimum atomic E-state index is -0.891. The molecule has 2 aromatic carbocycles. The number of benzene rings is 2. The van der Waals surface area contributed by atoms with Crippen LogP contribution in [0.4, 0.5) is 14.5 Å². The number of halogens is 3. The number of hydrogen-bond acceptors (Lipinski definition) is 2. The quantitative estimate of drug-likeness (QED) is 0.873. The Hall–Kier alpha value is -1.62. The van der Waals surface area contributed by atoms with Gasteiger partial charge in [0.15, 0.2) is 11.6 Å². The number of ether oxygens (including phenoxy) is 1. The van der Waals surface area contributed by atoms with Crippen LogP contribution in [0.3, 0.4) is 0 Å². The summed E-state index contributed by atoms with van der Waals surface area (Å²) < 4.78 is 32.4. The maximum atomic E-state index is 13.4. The molecule has 94 valence electrons. The predicted molar refractivity (Wildman–Crippen MR) is 69.2 cm³/mol. The molecule has 0 aliphatic carbocycles. The molecule has 0 heterocycles. The molecule has 5 heteroatoms. The van der Waals surface area contributed by atoms with Gasteiger partial charge >= 0.3 is 0 Å². The SMILES string of the molecule is Nc1cccc(OCc2cccc(F)c2F)c1Br. The smallest absolute Gasteiger partial charge is 0.165 e. The first-order valence-corrected chi connectivity index (χ1v) is 5.98. The van der Waals surface area contributed by atoms with Gasteiger partial charge in [-0.15, -0.1) is 0 Å². The van der Waals surface area contributed by atoms with E-state index in [0.717, 1.165) is 6.07 Å². The third kappa shape index (κ3) is 2.61. The average molecular weight is 314 g/mol. The van der Waals surface area contributed by atoms with E-state index in [-0.39, 0.29) is 12.2 Å². The van der Waals surface area contributed by atoms with Gasteiger partial charge in [-0.3, -0.25) is 0 Å². The molecular weight excluding hydrogens is 304 g/mol. The zero-order valence-electron chi connectivity index (χ0n) is 9.29. The van der Waals surface area contributed by atoms with Crippen molar-refractivity contribution in [3.8, 4) is 5.75 Å². The molecular formula is C13H10BrF2NO. The van der Waals surface area contributed by atoms with E-state index in [0.29, 0.717) is 15.9 Å². The van der Waals surface area contributed by atoms with Crippen molar-refractivity contribution in [3.05, 3.63) is 58.1 Å². The highest BCUT2D eigenvalue weighted by atomic mass is 79.9. The van der Waals surface area contributed by atoms with Crippen LogP contribution in [0.15, 0.2) is 40.9 Å². The second-order valence-electron chi connectivity index (χ2n) is 3.66. The number of nitrogens with two attached hydrogens (primary N) is 1. The van der Waals surface area contributed by atoms with Gasteiger partial charge in [-0.25, -0.2) is 8.78 Å². The lowest BCUT2D eigenvalue weighted by atomic mass is 10.2. The highest BCUT2D eigenvalue weighted by molar-refractivity contribution is 9.10.